The molecule has 1 heterocycles. The molecule has 0 atom stereocenters. The number of rotatable bonds is 6. The van der Waals surface area contributed by atoms with Gasteiger partial charge in [-0.1, -0.05) is 71.9 Å². The van der Waals surface area contributed by atoms with Crippen molar-refractivity contribution in [2.45, 2.75) is 59.9 Å². The van der Waals surface area contributed by atoms with E-state index in [0.717, 1.165) is 23.5 Å². The standard InChI is InChI=1S/C19H19N3O2S.3C2H6/c1-14-12-18(19(23)24-2)22(21-14)16-10-8-15(9-11-16)13-20-25-17-6-4-3-5-7-17;3*1-2/h3-12,20H,13H2,1-2H3;3*1-2H3. The number of aryl methyl sites for hydroxylation is 1. The van der Waals surface area contributed by atoms with Gasteiger partial charge >= 0.3 is 5.97 Å². The number of esters is 1. The Bertz CT molecular complexity index is 847. The first-order chi connectivity index (χ1) is 15.2. The lowest BCUT2D eigenvalue weighted by Gasteiger charge is -2.08. The maximum absolute atomic E-state index is 11.9. The predicted octanol–water partition coefficient (Wildman–Crippen LogP) is 6.84. The van der Waals surface area contributed by atoms with E-state index < -0.39 is 5.97 Å². The monoisotopic (exact) mass is 443 g/mol. The Hall–Kier alpha value is -2.57. The molecule has 1 aromatic heterocycles. The van der Waals surface area contributed by atoms with Crippen LogP contribution in [0.3, 0.4) is 0 Å². The van der Waals surface area contributed by atoms with E-state index in [1.807, 2.05) is 90.9 Å². The molecule has 0 saturated carbocycles. The first kappa shape index (κ1) is 28.4. The van der Waals surface area contributed by atoms with E-state index >= 15 is 0 Å². The quantitative estimate of drug-likeness (QED) is 0.334. The molecule has 0 unspecified atom stereocenters. The van der Waals surface area contributed by atoms with Crippen molar-refractivity contribution in [2.75, 3.05) is 7.11 Å². The van der Waals surface area contributed by atoms with Crippen molar-refractivity contribution in [3.63, 3.8) is 0 Å². The lowest BCUT2D eigenvalue weighted by molar-refractivity contribution is 0.0590. The maximum atomic E-state index is 11.9. The fourth-order valence-corrected chi connectivity index (χ4v) is 3.09. The van der Waals surface area contributed by atoms with Crippen LogP contribution in [0.25, 0.3) is 5.69 Å². The van der Waals surface area contributed by atoms with Crippen LogP contribution in [0.4, 0.5) is 0 Å². The van der Waals surface area contributed by atoms with Crippen molar-refractivity contribution < 1.29 is 9.53 Å². The Kier molecular flexibility index (Phi) is 15.7. The zero-order valence-corrected chi connectivity index (χ0v) is 20.9. The molecule has 0 aliphatic rings. The zero-order chi connectivity index (χ0) is 23.6. The molecule has 5 nitrogen and oxygen atoms in total. The van der Waals surface area contributed by atoms with Gasteiger partial charge in [-0.05, 0) is 54.8 Å². The Morgan fingerprint density at radius 1 is 0.968 bits per heavy atom. The lowest BCUT2D eigenvalue weighted by atomic mass is 10.2. The number of hydrogen-bond acceptors (Lipinski definition) is 5. The third kappa shape index (κ3) is 9.40. The zero-order valence-electron chi connectivity index (χ0n) is 20.1. The number of ether oxygens (including phenoxy) is 1. The molecule has 0 fully saturated rings. The highest BCUT2D eigenvalue weighted by molar-refractivity contribution is 7.97. The summed E-state index contributed by atoms with van der Waals surface area (Å²) in [5, 5.41) is 4.38. The number of methoxy groups -OCH3 is 1. The minimum Gasteiger partial charge on any atom is -0.464 e. The summed E-state index contributed by atoms with van der Waals surface area (Å²) in [6.07, 6.45) is 0. The fraction of sp³-hybridized carbons (Fsp3) is 0.360. The lowest BCUT2D eigenvalue weighted by Crippen LogP contribution is -2.10. The van der Waals surface area contributed by atoms with Gasteiger partial charge in [-0.25, -0.2) is 9.48 Å². The molecule has 0 saturated heterocycles. The SMILES string of the molecule is CC.CC.CC.COC(=O)c1cc(C)nn1-c1ccc(CNSc2ccccc2)cc1. The Balaban J connectivity index is 0.00000138. The van der Waals surface area contributed by atoms with E-state index in [0.29, 0.717) is 5.69 Å². The highest BCUT2D eigenvalue weighted by Gasteiger charge is 2.15. The molecule has 0 radical (unpaired) electrons. The van der Waals surface area contributed by atoms with Crippen molar-refractivity contribution in [2.24, 2.45) is 0 Å². The number of nitrogens with one attached hydrogen (secondary N) is 1. The van der Waals surface area contributed by atoms with E-state index in [-0.39, 0.29) is 0 Å². The molecule has 0 aliphatic carbocycles. The summed E-state index contributed by atoms with van der Waals surface area (Å²) in [4.78, 5) is 13.0. The Labute approximate surface area is 192 Å². The van der Waals surface area contributed by atoms with Gasteiger partial charge in [0.15, 0.2) is 5.69 Å². The van der Waals surface area contributed by atoms with Crippen LogP contribution in [0.15, 0.2) is 65.6 Å². The average Bonchev–Trinajstić information content (AvgIpc) is 3.25. The van der Waals surface area contributed by atoms with Crippen molar-refractivity contribution >= 4 is 17.9 Å². The summed E-state index contributed by atoms with van der Waals surface area (Å²) >= 11 is 1.60. The molecule has 0 bridgehead atoms. The molecule has 0 amide bonds. The number of benzene rings is 2. The average molecular weight is 444 g/mol. The van der Waals surface area contributed by atoms with Gasteiger partial charge in [0.05, 0.1) is 18.5 Å². The molecule has 6 heteroatoms. The van der Waals surface area contributed by atoms with E-state index in [9.17, 15) is 4.79 Å². The van der Waals surface area contributed by atoms with Crippen molar-refractivity contribution in [1.29, 1.82) is 0 Å². The summed E-state index contributed by atoms with van der Waals surface area (Å²) < 4.78 is 9.77. The first-order valence-corrected chi connectivity index (χ1v) is 11.7. The first-order valence-electron chi connectivity index (χ1n) is 10.9. The van der Waals surface area contributed by atoms with Crippen LogP contribution in [0.5, 0.6) is 0 Å². The van der Waals surface area contributed by atoms with Gasteiger partial charge in [-0.15, -0.1) is 0 Å². The molecule has 31 heavy (non-hydrogen) atoms. The van der Waals surface area contributed by atoms with Gasteiger partial charge in [-0.2, -0.15) is 5.10 Å². The molecule has 0 spiro atoms. The van der Waals surface area contributed by atoms with E-state index in [1.54, 1.807) is 22.7 Å². The van der Waals surface area contributed by atoms with Gasteiger partial charge < -0.3 is 4.74 Å². The van der Waals surface area contributed by atoms with Gasteiger partial charge in [0.1, 0.15) is 0 Å². The van der Waals surface area contributed by atoms with Crippen molar-refractivity contribution in [1.82, 2.24) is 14.5 Å². The van der Waals surface area contributed by atoms with Crippen molar-refractivity contribution in [3.05, 3.63) is 77.6 Å². The van der Waals surface area contributed by atoms with Crippen LogP contribution >= 0.6 is 11.9 Å². The second-order valence-electron chi connectivity index (χ2n) is 5.48. The largest absolute Gasteiger partial charge is 0.464 e. The van der Waals surface area contributed by atoms with Crippen LogP contribution in [0.2, 0.25) is 0 Å². The molecule has 2 aromatic carbocycles. The minimum absolute atomic E-state index is 0.398. The van der Waals surface area contributed by atoms with Crippen LogP contribution in [0, 0.1) is 6.92 Å². The molecule has 0 aliphatic heterocycles. The number of carbonyl (C=O) groups excluding carboxylic acids is 1. The maximum Gasteiger partial charge on any atom is 0.356 e. The number of nitrogens with zero attached hydrogens (tertiary/aromatic N) is 2. The minimum atomic E-state index is -0.398. The smallest absolute Gasteiger partial charge is 0.356 e. The second-order valence-corrected chi connectivity index (χ2v) is 6.44. The predicted molar refractivity (Wildman–Crippen MR) is 133 cm³/mol. The van der Waals surface area contributed by atoms with Crippen LogP contribution < -0.4 is 4.72 Å². The third-order valence-electron chi connectivity index (χ3n) is 3.62. The summed E-state index contributed by atoms with van der Waals surface area (Å²) in [5.41, 5.74) is 3.17. The van der Waals surface area contributed by atoms with Crippen molar-refractivity contribution in [3.8, 4) is 5.69 Å². The molecular weight excluding hydrogens is 406 g/mol. The highest BCUT2D eigenvalue weighted by Crippen LogP contribution is 2.17. The molecule has 170 valence electrons. The highest BCUT2D eigenvalue weighted by atomic mass is 32.2. The van der Waals surface area contributed by atoms with Gasteiger partial charge in [0.25, 0.3) is 0 Å². The summed E-state index contributed by atoms with van der Waals surface area (Å²) in [5.74, 6) is -0.398. The van der Waals surface area contributed by atoms with Gasteiger partial charge in [0, 0.05) is 11.4 Å². The molecular formula is C25H37N3O2S. The van der Waals surface area contributed by atoms with Crippen LogP contribution in [-0.2, 0) is 11.3 Å². The number of hydrogen-bond donors (Lipinski definition) is 1. The number of carbonyl (C=O) groups is 1. The van der Waals surface area contributed by atoms with E-state index in [4.69, 9.17) is 4.74 Å². The Morgan fingerprint density at radius 2 is 1.55 bits per heavy atom. The fourth-order valence-electron chi connectivity index (χ4n) is 2.39. The third-order valence-corrected chi connectivity index (χ3v) is 4.41. The van der Waals surface area contributed by atoms with Gasteiger partial charge in [-0.3, -0.25) is 4.72 Å². The molecule has 3 aromatic rings. The number of aromatic nitrogens is 2. The van der Waals surface area contributed by atoms with E-state index in [1.165, 1.54) is 12.0 Å². The summed E-state index contributed by atoms with van der Waals surface area (Å²) in [7, 11) is 1.37. The molecule has 1 N–H and O–H groups in total. The van der Waals surface area contributed by atoms with Crippen LogP contribution in [-0.4, -0.2) is 22.9 Å². The Morgan fingerprint density at radius 3 is 2.10 bits per heavy atom. The van der Waals surface area contributed by atoms with E-state index in [2.05, 4.69) is 22.0 Å². The normalized spacial score (nSPS) is 9.16. The topological polar surface area (TPSA) is 56.1 Å². The summed E-state index contributed by atoms with van der Waals surface area (Å²) in [6, 6.07) is 19.8. The van der Waals surface area contributed by atoms with Gasteiger partial charge in [0.2, 0.25) is 0 Å². The second kappa shape index (κ2) is 17.1. The van der Waals surface area contributed by atoms with Crippen LogP contribution in [0.1, 0.15) is 63.3 Å². The molecule has 3 rings (SSSR count). The summed E-state index contributed by atoms with van der Waals surface area (Å²) in [6.45, 7) is 14.6.